The zero-order chi connectivity index (χ0) is 31.9. The summed E-state index contributed by atoms with van der Waals surface area (Å²) < 4.78 is 39.1. The predicted molar refractivity (Wildman–Crippen MR) is 172 cm³/mol. The predicted octanol–water partition coefficient (Wildman–Crippen LogP) is 5.90. The number of aromatic nitrogens is 1. The number of carbonyl (C=O) groups is 2. The Bertz CT molecular complexity index is 1650. The van der Waals surface area contributed by atoms with Gasteiger partial charge in [0.2, 0.25) is 5.91 Å². The molecule has 2 amide bonds. The maximum Gasteiger partial charge on any atom is 0.410 e. The molecule has 2 unspecified atom stereocenters. The molecular weight excluding hydrogens is 601 g/mol. The van der Waals surface area contributed by atoms with E-state index in [0.717, 1.165) is 21.6 Å². The average molecular weight is 637 g/mol. The Balaban J connectivity index is 1.64. The van der Waals surface area contributed by atoms with E-state index in [2.05, 4.69) is 10.3 Å². The maximum atomic E-state index is 14.0. The molecule has 0 fully saturated rings. The molecule has 4 aromatic rings. The second kappa shape index (κ2) is 14.0. The first-order valence-corrected chi connectivity index (χ1v) is 16.2. The molecule has 1 heterocycles. The summed E-state index contributed by atoms with van der Waals surface area (Å²) in [7, 11) is -2.87. The molecule has 0 aliphatic rings. The molecule has 3 aromatic carbocycles. The van der Waals surface area contributed by atoms with Crippen LogP contribution in [0.15, 0.2) is 91.1 Å². The van der Waals surface area contributed by atoms with Crippen molar-refractivity contribution in [1.29, 1.82) is 0 Å². The Morgan fingerprint density at radius 2 is 1.52 bits per heavy atom. The number of hydrogen-bond acceptors (Lipinski definition) is 7. The second-order valence-electron chi connectivity index (χ2n) is 11.3. The van der Waals surface area contributed by atoms with Crippen LogP contribution in [0.1, 0.15) is 42.9 Å². The van der Waals surface area contributed by atoms with Gasteiger partial charge >= 0.3 is 16.4 Å². The van der Waals surface area contributed by atoms with E-state index in [1.165, 1.54) is 28.4 Å². The van der Waals surface area contributed by atoms with Gasteiger partial charge in [0, 0.05) is 19.7 Å². The molecule has 0 aliphatic heterocycles. The van der Waals surface area contributed by atoms with Crippen LogP contribution in [-0.2, 0) is 32.7 Å². The highest BCUT2D eigenvalue weighted by molar-refractivity contribution is 7.87. The van der Waals surface area contributed by atoms with Gasteiger partial charge in [0.15, 0.2) is 0 Å². The highest BCUT2D eigenvalue weighted by atomic mass is 32.2. The zero-order valence-corrected chi connectivity index (χ0v) is 26.6. The number of anilines is 1. The Hall–Kier alpha value is -4.26. The summed E-state index contributed by atoms with van der Waals surface area (Å²) in [4.78, 5) is 34.0. The monoisotopic (exact) mass is 636 g/mol. The van der Waals surface area contributed by atoms with Crippen molar-refractivity contribution in [3.8, 4) is 10.4 Å². The Morgan fingerprint density at radius 3 is 2.11 bits per heavy atom. The van der Waals surface area contributed by atoms with E-state index >= 15 is 0 Å². The minimum absolute atomic E-state index is 0.194. The molecule has 232 valence electrons. The lowest BCUT2D eigenvalue weighted by Crippen LogP contribution is -2.51. The quantitative estimate of drug-likeness (QED) is 0.174. The Kier molecular flexibility index (Phi) is 10.4. The molecule has 2 atom stereocenters. The molecular formula is C32H36N4O6S2. The molecule has 0 bridgehead atoms. The van der Waals surface area contributed by atoms with Crippen molar-refractivity contribution in [2.75, 3.05) is 11.8 Å². The van der Waals surface area contributed by atoms with Gasteiger partial charge in [-0.3, -0.25) is 19.0 Å². The Morgan fingerprint density at radius 1 is 0.932 bits per heavy atom. The summed E-state index contributed by atoms with van der Waals surface area (Å²) >= 11 is 1.45. The lowest BCUT2D eigenvalue weighted by molar-refractivity contribution is -0.126. The molecule has 1 aromatic heterocycles. The van der Waals surface area contributed by atoms with E-state index in [9.17, 15) is 18.0 Å². The molecule has 3 N–H and O–H groups in total. The largest absolute Gasteiger partial charge is 0.444 e. The van der Waals surface area contributed by atoms with Crippen molar-refractivity contribution in [3.63, 3.8) is 0 Å². The Labute approximate surface area is 262 Å². The number of amides is 2. The van der Waals surface area contributed by atoms with Gasteiger partial charge in [0.05, 0.1) is 16.6 Å². The lowest BCUT2D eigenvalue weighted by atomic mass is 10.0. The van der Waals surface area contributed by atoms with Crippen LogP contribution in [0.2, 0.25) is 0 Å². The number of thiazole rings is 1. The first-order chi connectivity index (χ1) is 20.8. The number of benzene rings is 3. The van der Waals surface area contributed by atoms with Crippen molar-refractivity contribution in [1.82, 2.24) is 15.2 Å². The van der Waals surface area contributed by atoms with Gasteiger partial charge in [-0.25, -0.2) is 9.78 Å². The summed E-state index contributed by atoms with van der Waals surface area (Å²) in [6.07, 6.45) is 1.74. The summed E-state index contributed by atoms with van der Waals surface area (Å²) in [6.45, 7) is 5.31. The molecule has 12 heteroatoms. The highest BCUT2D eigenvalue weighted by Gasteiger charge is 2.32. The van der Waals surface area contributed by atoms with Crippen LogP contribution in [0.4, 0.5) is 10.5 Å². The number of carbonyl (C=O) groups excluding carboxylic acids is 2. The minimum atomic E-state index is -4.42. The smallest absolute Gasteiger partial charge is 0.410 e. The van der Waals surface area contributed by atoms with Gasteiger partial charge in [0.1, 0.15) is 16.7 Å². The number of ether oxygens (including phenoxy) is 1. The molecule has 0 aliphatic carbocycles. The summed E-state index contributed by atoms with van der Waals surface area (Å²) in [5.74, 6) is -0.381. The van der Waals surface area contributed by atoms with Crippen LogP contribution in [0, 0.1) is 0 Å². The normalized spacial score (nSPS) is 13.0. The van der Waals surface area contributed by atoms with E-state index < -0.39 is 34.1 Å². The third kappa shape index (κ3) is 9.63. The number of nitrogens with one attached hydrogen (secondary N) is 2. The van der Waals surface area contributed by atoms with Gasteiger partial charge < -0.3 is 10.1 Å². The van der Waals surface area contributed by atoms with Crippen LogP contribution in [0.5, 0.6) is 0 Å². The van der Waals surface area contributed by atoms with Gasteiger partial charge in [-0.05, 0) is 56.0 Å². The van der Waals surface area contributed by atoms with Crippen LogP contribution in [0.3, 0.4) is 0 Å². The van der Waals surface area contributed by atoms with Crippen LogP contribution < -0.4 is 10.0 Å². The van der Waals surface area contributed by atoms with E-state index in [4.69, 9.17) is 9.29 Å². The highest BCUT2D eigenvalue weighted by Crippen LogP contribution is 2.31. The third-order valence-corrected chi connectivity index (χ3v) is 8.21. The molecule has 44 heavy (non-hydrogen) atoms. The van der Waals surface area contributed by atoms with E-state index in [1.807, 2.05) is 65.4 Å². The fourth-order valence-corrected chi connectivity index (χ4v) is 5.86. The van der Waals surface area contributed by atoms with Crippen LogP contribution >= 0.6 is 11.3 Å². The van der Waals surface area contributed by atoms with Crippen molar-refractivity contribution in [2.45, 2.75) is 51.3 Å². The third-order valence-electron chi connectivity index (χ3n) is 6.56. The first kappa shape index (κ1) is 32.6. The van der Waals surface area contributed by atoms with E-state index in [-0.39, 0.29) is 18.0 Å². The summed E-state index contributed by atoms with van der Waals surface area (Å²) in [5.41, 5.74) is 2.11. The number of nitrogens with zero attached hydrogens (tertiary/aromatic N) is 2. The lowest BCUT2D eigenvalue weighted by Gasteiger charge is -2.31. The van der Waals surface area contributed by atoms with Crippen molar-refractivity contribution in [3.05, 3.63) is 107 Å². The van der Waals surface area contributed by atoms with Gasteiger partial charge in [-0.15, -0.1) is 11.3 Å². The second-order valence-corrected chi connectivity index (χ2v) is 13.5. The maximum absolute atomic E-state index is 14.0. The first-order valence-electron chi connectivity index (χ1n) is 13.9. The van der Waals surface area contributed by atoms with Crippen molar-refractivity contribution < 1.29 is 27.3 Å². The van der Waals surface area contributed by atoms with Crippen molar-refractivity contribution in [2.24, 2.45) is 0 Å². The topological polar surface area (TPSA) is 138 Å². The van der Waals surface area contributed by atoms with E-state index in [1.54, 1.807) is 46.1 Å². The molecule has 0 saturated carbocycles. The number of hydrogen-bond donors (Lipinski definition) is 3. The molecule has 0 spiro atoms. The SMILES string of the molecule is CN(C(=O)OC(C)(C)C)C(Cc1ccccc1)C(=O)NC(Cc1ccc(NS(=O)(=O)O)cc1)c1ncc(-c2ccccc2)s1. The van der Waals surface area contributed by atoms with Gasteiger partial charge in [0.25, 0.3) is 0 Å². The van der Waals surface area contributed by atoms with Gasteiger partial charge in [-0.1, -0.05) is 72.8 Å². The summed E-state index contributed by atoms with van der Waals surface area (Å²) in [5, 5.41) is 3.79. The molecule has 10 nitrogen and oxygen atoms in total. The number of likely N-dealkylation sites (N-methyl/N-ethyl adjacent to an activating group) is 1. The van der Waals surface area contributed by atoms with E-state index in [0.29, 0.717) is 11.4 Å². The molecule has 0 saturated heterocycles. The van der Waals surface area contributed by atoms with Crippen LogP contribution in [0.25, 0.3) is 10.4 Å². The number of rotatable bonds is 11. The van der Waals surface area contributed by atoms with Gasteiger partial charge in [-0.2, -0.15) is 8.42 Å². The summed E-state index contributed by atoms with van der Waals surface area (Å²) in [6, 6.07) is 24.2. The minimum Gasteiger partial charge on any atom is -0.444 e. The fraction of sp³-hybridized carbons (Fsp3) is 0.281. The molecule has 4 rings (SSSR count). The zero-order valence-electron chi connectivity index (χ0n) is 24.9. The van der Waals surface area contributed by atoms with Crippen molar-refractivity contribution >= 4 is 39.3 Å². The standard InChI is InChI=1S/C32H36N4O6S2/c1-32(2,3)42-31(38)36(4)27(20-22-11-7-5-8-12-22)29(37)34-26(19-23-15-17-25(18-16-23)35-44(39,40)41)30-33-21-28(43-30)24-13-9-6-10-14-24/h5-18,21,26-27,35H,19-20H2,1-4H3,(H,34,37)(H,39,40,41). The molecule has 0 radical (unpaired) electrons. The fourth-order valence-electron chi connectivity index (χ4n) is 4.45. The van der Waals surface area contributed by atoms with Crippen LogP contribution in [-0.4, -0.2) is 53.5 Å². The average Bonchev–Trinajstić information content (AvgIpc) is 3.46.